The molecule has 122 valence electrons. The maximum Gasteiger partial charge on any atom is 0.231 e. The molecule has 0 saturated carbocycles. The van der Waals surface area contributed by atoms with Crippen LogP contribution in [0, 0.1) is 6.92 Å². The summed E-state index contributed by atoms with van der Waals surface area (Å²) < 4.78 is 12.1. The minimum atomic E-state index is -0.165. The first-order chi connectivity index (χ1) is 11.5. The fourth-order valence-electron chi connectivity index (χ4n) is 2.44. The van der Waals surface area contributed by atoms with Crippen LogP contribution in [0.3, 0.4) is 0 Å². The van der Waals surface area contributed by atoms with Crippen LogP contribution in [0.15, 0.2) is 46.6 Å². The van der Waals surface area contributed by atoms with Crippen molar-refractivity contribution in [2.45, 2.75) is 13.8 Å². The van der Waals surface area contributed by atoms with Gasteiger partial charge in [-0.1, -0.05) is 34.1 Å². The highest BCUT2D eigenvalue weighted by atomic mass is 79.9. The summed E-state index contributed by atoms with van der Waals surface area (Å²) in [5, 5.41) is 0. The molecule has 4 nitrogen and oxygen atoms in total. The topological polar surface area (TPSA) is 52.6 Å². The van der Waals surface area contributed by atoms with Gasteiger partial charge in [-0.3, -0.25) is 9.59 Å². The lowest BCUT2D eigenvalue weighted by molar-refractivity contribution is -0.118. The summed E-state index contributed by atoms with van der Waals surface area (Å²) >= 11 is 3.46. The fourth-order valence-corrected chi connectivity index (χ4v) is 2.84. The molecule has 2 aromatic carbocycles. The second kappa shape index (κ2) is 6.61. The van der Waals surface area contributed by atoms with E-state index >= 15 is 0 Å². The van der Waals surface area contributed by atoms with Gasteiger partial charge in [-0.15, -0.1) is 0 Å². The normalized spacial score (nSPS) is 14.5. The third kappa shape index (κ3) is 3.12. The number of ether oxygens (including phenoxy) is 2. The molecule has 2 aromatic rings. The predicted octanol–water partition coefficient (Wildman–Crippen LogP) is 4.34. The zero-order valence-corrected chi connectivity index (χ0v) is 14.8. The van der Waals surface area contributed by atoms with Crippen molar-refractivity contribution in [3.05, 3.63) is 63.3 Å². The molecule has 0 bridgehead atoms. The van der Waals surface area contributed by atoms with Gasteiger partial charge < -0.3 is 9.47 Å². The lowest BCUT2D eigenvalue weighted by Gasteiger charge is -2.10. The molecule has 0 amide bonds. The van der Waals surface area contributed by atoms with Crippen molar-refractivity contribution < 1.29 is 19.1 Å². The third-order valence-corrected chi connectivity index (χ3v) is 4.38. The minimum absolute atomic E-state index is 0.00671. The molecule has 1 aliphatic rings. The summed E-state index contributed by atoms with van der Waals surface area (Å²) in [4.78, 5) is 23.6. The first-order valence-corrected chi connectivity index (χ1v) is 8.21. The number of Topliss-reactive ketones (excluding diaryl/α,β-unsaturated/α-hetero) is 2. The van der Waals surface area contributed by atoms with E-state index in [1.54, 1.807) is 18.2 Å². The van der Waals surface area contributed by atoms with Gasteiger partial charge in [0.15, 0.2) is 11.5 Å². The lowest BCUT2D eigenvalue weighted by atomic mass is 10.1. The van der Waals surface area contributed by atoms with Crippen LogP contribution in [-0.2, 0) is 4.79 Å². The molecule has 0 fully saturated rings. The number of hydrogen-bond donors (Lipinski definition) is 0. The number of fused-ring (bicyclic) bond motifs is 1. The molecule has 24 heavy (non-hydrogen) atoms. The smallest absolute Gasteiger partial charge is 0.231 e. The summed E-state index contributed by atoms with van der Waals surface area (Å²) in [5.41, 5.74) is 2.07. The summed E-state index contributed by atoms with van der Waals surface area (Å²) in [5.74, 6) is 1.06. The van der Waals surface area contributed by atoms with Crippen molar-refractivity contribution in [3.8, 4) is 11.5 Å². The van der Waals surface area contributed by atoms with Crippen molar-refractivity contribution in [1.29, 1.82) is 0 Å². The summed E-state index contributed by atoms with van der Waals surface area (Å²) in [6, 6.07) is 11.0. The first-order valence-electron chi connectivity index (χ1n) is 7.42. The highest BCUT2D eigenvalue weighted by Gasteiger charge is 2.30. The number of halogens is 1. The minimum Gasteiger partial charge on any atom is -0.485 e. The van der Waals surface area contributed by atoms with Gasteiger partial charge in [-0.05, 0) is 43.7 Å². The van der Waals surface area contributed by atoms with Crippen LogP contribution < -0.4 is 9.47 Å². The predicted molar refractivity (Wildman–Crippen MR) is 94.4 cm³/mol. The molecule has 0 N–H and O–H groups in total. The van der Waals surface area contributed by atoms with Gasteiger partial charge in [0.25, 0.3) is 0 Å². The standard InChI is InChI=1S/C19H15BrO4/c1-11(21)10-23-16-8-7-14-18(22)17(24-19(14)12(16)2)9-13-5-3-4-6-15(13)20/h3-9H,10H2,1-2H3/b17-9-. The van der Waals surface area contributed by atoms with Crippen molar-refractivity contribution in [3.63, 3.8) is 0 Å². The monoisotopic (exact) mass is 386 g/mol. The van der Waals surface area contributed by atoms with E-state index in [-0.39, 0.29) is 23.9 Å². The summed E-state index contributed by atoms with van der Waals surface area (Å²) in [6.45, 7) is 3.26. The maximum absolute atomic E-state index is 12.5. The van der Waals surface area contributed by atoms with Crippen LogP contribution in [-0.4, -0.2) is 18.2 Å². The molecule has 5 heteroatoms. The van der Waals surface area contributed by atoms with Crippen LogP contribution in [0.4, 0.5) is 0 Å². The van der Waals surface area contributed by atoms with E-state index < -0.39 is 0 Å². The number of carbonyl (C=O) groups is 2. The number of ketones is 2. The van der Waals surface area contributed by atoms with Gasteiger partial charge in [-0.25, -0.2) is 0 Å². The van der Waals surface area contributed by atoms with Crippen LogP contribution in [0.2, 0.25) is 0 Å². The number of carbonyl (C=O) groups excluding carboxylic acids is 2. The Bertz CT molecular complexity index is 868. The Kier molecular flexibility index (Phi) is 4.53. The average Bonchev–Trinajstić information content (AvgIpc) is 2.86. The zero-order valence-electron chi connectivity index (χ0n) is 13.3. The summed E-state index contributed by atoms with van der Waals surface area (Å²) in [6.07, 6.45) is 1.71. The van der Waals surface area contributed by atoms with Crippen LogP contribution in [0.1, 0.15) is 28.4 Å². The third-order valence-electron chi connectivity index (χ3n) is 3.66. The largest absolute Gasteiger partial charge is 0.485 e. The van der Waals surface area contributed by atoms with Crippen LogP contribution in [0.5, 0.6) is 11.5 Å². The average molecular weight is 387 g/mol. The van der Waals surface area contributed by atoms with Gasteiger partial charge in [-0.2, -0.15) is 0 Å². The van der Waals surface area contributed by atoms with E-state index in [1.807, 2.05) is 31.2 Å². The fraction of sp³-hybridized carbons (Fsp3) is 0.158. The molecule has 0 aromatic heterocycles. The van der Waals surface area contributed by atoms with Gasteiger partial charge in [0.05, 0.1) is 5.56 Å². The highest BCUT2D eigenvalue weighted by molar-refractivity contribution is 9.10. The molecular weight excluding hydrogens is 372 g/mol. The SMILES string of the molecule is CC(=O)COc1ccc2c(c1C)O/C(=C\c1ccccc1Br)C2=O. The van der Waals surface area contributed by atoms with Crippen molar-refractivity contribution in [2.24, 2.45) is 0 Å². The Morgan fingerprint density at radius 1 is 1.25 bits per heavy atom. The summed E-state index contributed by atoms with van der Waals surface area (Å²) in [7, 11) is 0. The van der Waals surface area contributed by atoms with Crippen LogP contribution in [0.25, 0.3) is 6.08 Å². The van der Waals surface area contributed by atoms with Gasteiger partial charge >= 0.3 is 0 Å². The molecule has 0 aliphatic carbocycles. The Labute approximate surface area is 148 Å². The quantitative estimate of drug-likeness (QED) is 0.733. The van der Waals surface area contributed by atoms with E-state index in [9.17, 15) is 9.59 Å². The van der Waals surface area contributed by atoms with E-state index in [0.717, 1.165) is 10.0 Å². The Morgan fingerprint density at radius 2 is 2.00 bits per heavy atom. The number of hydrogen-bond acceptors (Lipinski definition) is 4. The molecule has 0 radical (unpaired) electrons. The molecule has 1 aliphatic heterocycles. The Hall–Kier alpha value is -2.40. The second-order valence-electron chi connectivity index (χ2n) is 5.52. The van der Waals surface area contributed by atoms with Gasteiger partial charge in [0.1, 0.15) is 18.1 Å². The molecule has 0 unspecified atom stereocenters. The lowest BCUT2D eigenvalue weighted by Crippen LogP contribution is -2.07. The van der Waals surface area contributed by atoms with Crippen molar-refractivity contribution >= 4 is 33.6 Å². The van der Waals surface area contributed by atoms with E-state index in [1.165, 1.54) is 6.92 Å². The molecule has 0 atom stereocenters. The van der Waals surface area contributed by atoms with Crippen molar-refractivity contribution in [2.75, 3.05) is 6.61 Å². The first kappa shape index (κ1) is 16.5. The highest BCUT2D eigenvalue weighted by Crippen LogP contribution is 2.39. The van der Waals surface area contributed by atoms with E-state index in [2.05, 4.69) is 15.9 Å². The maximum atomic E-state index is 12.5. The Morgan fingerprint density at radius 3 is 2.71 bits per heavy atom. The molecule has 0 saturated heterocycles. The number of rotatable bonds is 4. The Balaban J connectivity index is 1.94. The van der Waals surface area contributed by atoms with Crippen molar-refractivity contribution in [1.82, 2.24) is 0 Å². The van der Waals surface area contributed by atoms with Gasteiger partial charge in [0.2, 0.25) is 5.78 Å². The molecular formula is C19H15BrO4. The molecule has 0 spiro atoms. The van der Waals surface area contributed by atoms with Crippen LogP contribution >= 0.6 is 15.9 Å². The number of benzene rings is 2. The number of allylic oxidation sites excluding steroid dienone is 1. The van der Waals surface area contributed by atoms with E-state index in [0.29, 0.717) is 22.6 Å². The zero-order chi connectivity index (χ0) is 17.3. The second-order valence-corrected chi connectivity index (χ2v) is 6.37. The molecule has 1 heterocycles. The van der Waals surface area contributed by atoms with Gasteiger partial charge in [0, 0.05) is 10.0 Å². The molecule has 3 rings (SSSR count). The van der Waals surface area contributed by atoms with E-state index in [4.69, 9.17) is 9.47 Å².